The summed E-state index contributed by atoms with van der Waals surface area (Å²) in [5.41, 5.74) is 0.946. The Labute approximate surface area is 95.8 Å². The summed E-state index contributed by atoms with van der Waals surface area (Å²) in [7, 11) is 0. The highest BCUT2D eigenvalue weighted by Crippen LogP contribution is 2.49. The van der Waals surface area contributed by atoms with Gasteiger partial charge in [-0.15, -0.1) is 0 Å². The van der Waals surface area contributed by atoms with E-state index in [1.165, 1.54) is 0 Å². The van der Waals surface area contributed by atoms with Gasteiger partial charge in [-0.1, -0.05) is 17.7 Å². The molecule has 0 spiro atoms. The molecule has 0 unspecified atom stereocenters. The van der Waals surface area contributed by atoms with Crippen molar-refractivity contribution in [3.05, 3.63) is 32.4 Å². The van der Waals surface area contributed by atoms with Crippen molar-refractivity contribution in [1.29, 1.82) is 5.26 Å². The highest BCUT2D eigenvalue weighted by Gasteiger charge is 2.45. The third-order valence-electron chi connectivity index (χ3n) is 2.41. The van der Waals surface area contributed by atoms with Crippen LogP contribution in [0.4, 0.5) is 0 Å². The molecule has 1 nitrogen and oxygen atoms in total. The molecular weight excluding hydrogens is 296 g/mol. The zero-order valence-electron chi connectivity index (χ0n) is 6.85. The van der Waals surface area contributed by atoms with Crippen LogP contribution in [0.3, 0.4) is 0 Å². The lowest BCUT2D eigenvalue weighted by Crippen LogP contribution is -2.04. The quantitative estimate of drug-likeness (QED) is 0.729. The molecule has 1 saturated carbocycles. The Morgan fingerprint density at radius 3 is 2.62 bits per heavy atom. The minimum absolute atomic E-state index is 0.193. The molecule has 0 N–H and O–H groups in total. The average molecular weight is 304 g/mol. The molecule has 1 aromatic carbocycles. The number of hydrogen-bond acceptors (Lipinski definition) is 1. The van der Waals surface area contributed by atoms with Crippen molar-refractivity contribution in [3.8, 4) is 6.07 Å². The molecule has 0 bridgehead atoms. The SMILES string of the molecule is N#CC1(c2ccc(Cl)cc2I)CC1. The van der Waals surface area contributed by atoms with Gasteiger partial charge in [0.1, 0.15) is 0 Å². The summed E-state index contributed by atoms with van der Waals surface area (Å²) in [4.78, 5) is 0. The summed E-state index contributed by atoms with van der Waals surface area (Å²) < 4.78 is 1.10. The Balaban J connectivity index is 2.48. The minimum Gasteiger partial charge on any atom is -0.197 e. The summed E-state index contributed by atoms with van der Waals surface area (Å²) in [6, 6.07) is 8.12. The van der Waals surface area contributed by atoms with Gasteiger partial charge in [-0.2, -0.15) is 5.26 Å². The molecular formula is C10H7ClIN. The van der Waals surface area contributed by atoms with E-state index in [1.54, 1.807) is 0 Å². The van der Waals surface area contributed by atoms with E-state index in [1.807, 2.05) is 18.2 Å². The minimum atomic E-state index is -0.193. The second kappa shape index (κ2) is 3.14. The molecule has 1 aliphatic rings. The van der Waals surface area contributed by atoms with Gasteiger partial charge in [0.25, 0.3) is 0 Å². The van der Waals surface area contributed by atoms with Crippen LogP contribution in [-0.2, 0) is 5.41 Å². The van der Waals surface area contributed by atoms with Crippen molar-refractivity contribution in [3.63, 3.8) is 0 Å². The van der Waals surface area contributed by atoms with Crippen molar-refractivity contribution in [2.75, 3.05) is 0 Å². The van der Waals surface area contributed by atoms with E-state index in [0.29, 0.717) is 0 Å². The first kappa shape index (κ1) is 9.29. The molecule has 1 aromatic rings. The zero-order chi connectivity index (χ0) is 9.47. The van der Waals surface area contributed by atoms with Gasteiger partial charge in [0.05, 0.1) is 11.5 Å². The number of hydrogen-bond donors (Lipinski definition) is 0. The molecule has 0 saturated heterocycles. The third-order valence-corrected chi connectivity index (χ3v) is 3.54. The van der Waals surface area contributed by atoms with E-state index >= 15 is 0 Å². The van der Waals surface area contributed by atoms with E-state index in [9.17, 15) is 0 Å². The molecule has 0 aromatic heterocycles. The van der Waals surface area contributed by atoms with Crippen molar-refractivity contribution < 1.29 is 0 Å². The lowest BCUT2D eigenvalue weighted by atomic mass is 9.98. The largest absolute Gasteiger partial charge is 0.197 e. The molecule has 0 aliphatic heterocycles. The van der Waals surface area contributed by atoms with Crippen LogP contribution < -0.4 is 0 Å². The molecule has 0 heterocycles. The number of nitrogens with zero attached hydrogens (tertiary/aromatic N) is 1. The fourth-order valence-corrected chi connectivity index (χ4v) is 2.83. The maximum atomic E-state index is 9.02. The van der Waals surface area contributed by atoms with Gasteiger partial charge in [-0.25, -0.2) is 0 Å². The molecule has 0 radical (unpaired) electrons. The predicted molar refractivity (Wildman–Crippen MR) is 60.7 cm³/mol. The average Bonchev–Trinajstić information content (AvgIpc) is 2.85. The van der Waals surface area contributed by atoms with E-state index < -0.39 is 0 Å². The lowest BCUT2D eigenvalue weighted by molar-refractivity contribution is 0.900. The Morgan fingerprint density at radius 1 is 1.46 bits per heavy atom. The van der Waals surface area contributed by atoms with E-state index in [-0.39, 0.29) is 5.41 Å². The van der Waals surface area contributed by atoms with Gasteiger partial charge < -0.3 is 0 Å². The summed E-state index contributed by atoms with van der Waals surface area (Å²) in [5.74, 6) is 0. The van der Waals surface area contributed by atoms with Gasteiger partial charge >= 0.3 is 0 Å². The Kier molecular flexibility index (Phi) is 2.25. The first-order valence-corrected chi connectivity index (χ1v) is 5.50. The summed E-state index contributed by atoms with van der Waals surface area (Å²) in [6.45, 7) is 0. The van der Waals surface area contributed by atoms with Gasteiger partial charge in [0.15, 0.2) is 0 Å². The van der Waals surface area contributed by atoms with Gasteiger partial charge in [0, 0.05) is 8.59 Å². The van der Waals surface area contributed by atoms with Crippen LogP contribution in [0.25, 0.3) is 0 Å². The van der Waals surface area contributed by atoms with Crippen LogP contribution >= 0.6 is 34.2 Å². The normalized spacial score (nSPS) is 17.9. The van der Waals surface area contributed by atoms with E-state index in [2.05, 4.69) is 28.7 Å². The Hall–Kier alpha value is -0.270. The number of rotatable bonds is 1. The third kappa shape index (κ3) is 1.55. The van der Waals surface area contributed by atoms with Crippen molar-refractivity contribution >= 4 is 34.2 Å². The molecule has 1 aliphatic carbocycles. The fourth-order valence-electron chi connectivity index (χ4n) is 1.44. The first-order valence-electron chi connectivity index (χ1n) is 4.05. The van der Waals surface area contributed by atoms with Crippen molar-refractivity contribution in [2.24, 2.45) is 0 Å². The van der Waals surface area contributed by atoms with Crippen LogP contribution in [0.1, 0.15) is 18.4 Å². The summed E-state index contributed by atoms with van der Waals surface area (Å²) in [5, 5.41) is 9.76. The molecule has 3 heteroatoms. The second-order valence-corrected chi connectivity index (χ2v) is 4.92. The summed E-state index contributed by atoms with van der Waals surface area (Å²) in [6.07, 6.45) is 1.97. The number of halogens is 2. The lowest BCUT2D eigenvalue weighted by Gasteiger charge is -2.08. The van der Waals surface area contributed by atoms with Gasteiger partial charge in [-0.3, -0.25) is 0 Å². The van der Waals surface area contributed by atoms with Gasteiger partial charge in [-0.05, 0) is 53.1 Å². The fraction of sp³-hybridized carbons (Fsp3) is 0.300. The topological polar surface area (TPSA) is 23.8 Å². The highest BCUT2D eigenvalue weighted by molar-refractivity contribution is 14.1. The maximum absolute atomic E-state index is 9.02. The smallest absolute Gasteiger partial charge is 0.0834 e. The van der Waals surface area contributed by atoms with Crippen LogP contribution in [0.2, 0.25) is 5.02 Å². The van der Waals surface area contributed by atoms with Crippen LogP contribution in [0, 0.1) is 14.9 Å². The molecule has 0 atom stereocenters. The maximum Gasteiger partial charge on any atom is 0.0834 e. The molecule has 13 heavy (non-hydrogen) atoms. The van der Waals surface area contributed by atoms with Crippen LogP contribution in [0.5, 0.6) is 0 Å². The van der Waals surface area contributed by atoms with Crippen molar-refractivity contribution in [1.82, 2.24) is 0 Å². The Morgan fingerprint density at radius 2 is 2.15 bits per heavy atom. The molecule has 2 rings (SSSR count). The second-order valence-electron chi connectivity index (χ2n) is 3.32. The molecule has 0 amide bonds. The van der Waals surface area contributed by atoms with Crippen LogP contribution in [0.15, 0.2) is 18.2 Å². The zero-order valence-corrected chi connectivity index (χ0v) is 9.76. The Bertz CT molecular complexity index is 390. The first-order chi connectivity index (χ1) is 6.18. The predicted octanol–water partition coefficient (Wildman–Crippen LogP) is 3.50. The monoisotopic (exact) mass is 303 g/mol. The summed E-state index contributed by atoms with van der Waals surface area (Å²) >= 11 is 8.08. The van der Waals surface area contributed by atoms with Crippen LogP contribution in [-0.4, -0.2) is 0 Å². The van der Waals surface area contributed by atoms with Crippen molar-refractivity contribution in [2.45, 2.75) is 18.3 Å². The number of benzene rings is 1. The molecule has 1 fully saturated rings. The highest BCUT2D eigenvalue weighted by atomic mass is 127. The molecule has 66 valence electrons. The number of nitriles is 1. The standard InChI is InChI=1S/C10H7ClIN/c11-7-1-2-8(9(12)5-7)10(6-13)3-4-10/h1-2,5H,3-4H2. The van der Waals surface area contributed by atoms with E-state index in [0.717, 1.165) is 27.0 Å². The van der Waals surface area contributed by atoms with E-state index in [4.69, 9.17) is 16.9 Å². The van der Waals surface area contributed by atoms with Gasteiger partial charge in [0.2, 0.25) is 0 Å².